The van der Waals surface area contributed by atoms with Crippen LogP contribution in [-0.2, 0) is 12.0 Å². The third kappa shape index (κ3) is 3.05. The lowest BCUT2D eigenvalue weighted by Gasteiger charge is -2.50. The molecule has 0 aromatic carbocycles. The first-order chi connectivity index (χ1) is 12.6. The number of rotatable bonds is 5. The highest BCUT2D eigenvalue weighted by Gasteiger charge is 2.46. The van der Waals surface area contributed by atoms with Crippen molar-refractivity contribution in [2.75, 3.05) is 31.1 Å². The molecule has 0 radical (unpaired) electrons. The van der Waals surface area contributed by atoms with Crippen molar-refractivity contribution in [1.29, 1.82) is 0 Å². The predicted octanol–water partition coefficient (Wildman–Crippen LogP) is 3.54. The number of unbranched alkanes of at least 4 members (excludes halogenated alkanes) is 1. The van der Waals surface area contributed by atoms with Crippen LogP contribution in [0.3, 0.4) is 0 Å². The van der Waals surface area contributed by atoms with Crippen molar-refractivity contribution in [2.24, 2.45) is 0 Å². The Morgan fingerprint density at radius 3 is 2.73 bits per heavy atom. The number of imidazole rings is 1. The molecular formula is C19H30N6S. The standard InChI is InChI=1S/C19H30N6S/c1-4-5-9-25-10-6-15-16(21-13-20-15)19(25)7-11-24(12-8-19)18-23-22-17(26-18)14(2)3/h13-14H,4-12H2,1-3H3,(H,20,21). The summed E-state index contributed by atoms with van der Waals surface area (Å²) in [4.78, 5) is 13.3. The van der Waals surface area contributed by atoms with Crippen LogP contribution < -0.4 is 4.90 Å². The second-order valence-electron chi connectivity index (χ2n) is 7.92. The van der Waals surface area contributed by atoms with Crippen molar-refractivity contribution in [3.8, 4) is 0 Å². The normalized spacial score (nSPS) is 20.1. The van der Waals surface area contributed by atoms with Gasteiger partial charge in [-0.3, -0.25) is 4.90 Å². The van der Waals surface area contributed by atoms with Crippen LogP contribution in [0.15, 0.2) is 6.33 Å². The molecule has 0 amide bonds. The molecule has 0 saturated carbocycles. The second-order valence-corrected chi connectivity index (χ2v) is 8.90. The first-order valence-electron chi connectivity index (χ1n) is 10.00. The van der Waals surface area contributed by atoms with Crippen molar-refractivity contribution in [3.63, 3.8) is 0 Å². The first-order valence-corrected chi connectivity index (χ1v) is 10.8. The van der Waals surface area contributed by atoms with Gasteiger partial charge < -0.3 is 9.88 Å². The van der Waals surface area contributed by atoms with E-state index in [1.807, 2.05) is 6.33 Å². The molecule has 2 aliphatic heterocycles. The Balaban J connectivity index is 1.54. The van der Waals surface area contributed by atoms with Crippen molar-refractivity contribution in [2.45, 2.75) is 64.3 Å². The van der Waals surface area contributed by atoms with E-state index in [2.05, 4.69) is 45.8 Å². The number of nitrogens with one attached hydrogen (secondary N) is 1. The van der Waals surface area contributed by atoms with Crippen molar-refractivity contribution >= 4 is 16.5 Å². The molecule has 2 aromatic heterocycles. The highest BCUT2D eigenvalue weighted by Crippen LogP contribution is 2.43. The summed E-state index contributed by atoms with van der Waals surface area (Å²) in [7, 11) is 0. The Kier molecular flexibility index (Phi) is 5.01. The molecule has 0 aliphatic carbocycles. The van der Waals surface area contributed by atoms with E-state index < -0.39 is 0 Å². The zero-order valence-electron chi connectivity index (χ0n) is 16.2. The van der Waals surface area contributed by atoms with Gasteiger partial charge in [0.05, 0.1) is 17.6 Å². The molecule has 4 rings (SSSR count). The molecule has 2 aliphatic rings. The third-order valence-corrected chi connectivity index (χ3v) is 7.25. The minimum absolute atomic E-state index is 0.102. The van der Waals surface area contributed by atoms with Gasteiger partial charge in [-0.25, -0.2) is 4.98 Å². The van der Waals surface area contributed by atoms with Crippen molar-refractivity contribution in [1.82, 2.24) is 25.1 Å². The summed E-state index contributed by atoms with van der Waals surface area (Å²) in [6.45, 7) is 11.0. The van der Waals surface area contributed by atoms with Gasteiger partial charge in [0, 0.05) is 37.7 Å². The highest BCUT2D eigenvalue weighted by atomic mass is 32.1. The number of hydrogen-bond acceptors (Lipinski definition) is 6. The number of fused-ring (bicyclic) bond motifs is 2. The second kappa shape index (κ2) is 7.27. The summed E-state index contributed by atoms with van der Waals surface area (Å²) in [5.74, 6) is 0.451. The van der Waals surface area contributed by atoms with Crippen LogP contribution in [0.5, 0.6) is 0 Å². The molecule has 0 bridgehead atoms. The van der Waals surface area contributed by atoms with E-state index in [1.165, 1.54) is 30.8 Å². The van der Waals surface area contributed by atoms with Crippen LogP contribution in [0.2, 0.25) is 0 Å². The van der Waals surface area contributed by atoms with Crippen LogP contribution in [0, 0.1) is 0 Å². The Morgan fingerprint density at radius 2 is 2.04 bits per heavy atom. The van der Waals surface area contributed by atoms with E-state index in [1.54, 1.807) is 11.3 Å². The van der Waals surface area contributed by atoms with Gasteiger partial charge >= 0.3 is 0 Å². The number of aromatic nitrogens is 4. The van der Waals surface area contributed by atoms with E-state index in [9.17, 15) is 0 Å². The fourth-order valence-electron chi connectivity index (χ4n) is 4.41. The maximum absolute atomic E-state index is 4.78. The number of anilines is 1. The van der Waals surface area contributed by atoms with E-state index in [4.69, 9.17) is 4.98 Å². The van der Waals surface area contributed by atoms with E-state index in [0.717, 1.165) is 49.0 Å². The average molecular weight is 375 g/mol. The molecule has 2 aromatic rings. The maximum Gasteiger partial charge on any atom is 0.208 e. The minimum Gasteiger partial charge on any atom is -0.348 e. The number of aromatic amines is 1. The van der Waals surface area contributed by atoms with Crippen LogP contribution in [-0.4, -0.2) is 51.2 Å². The summed E-state index contributed by atoms with van der Waals surface area (Å²) in [6.07, 6.45) is 7.73. The zero-order valence-corrected chi connectivity index (χ0v) is 17.0. The molecule has 1 fully saturated rings. The number of piperidine rings is 1. The largest absolute Gasteiger partial charge is 0.348 e. The lowest BCUT2D eigenvalue weighted by molar-refractivity contribution is 0.0432. The molecule has 6 nitrogen and oxygen atoms in total. The van der Waals surface area contributed by atoms with Crippen LogP contribution in [0.25, 0.3) is 0 Å². The monoisotopic (exact) mass is 374 g/mol. The van der Waals surface area contributed by atoms with Crippen molar-refractivity contribution < 1.29 is 0 Å². The summed E-state index contributed by atoms with van der Waals surface area (Å²) < 4.78 is 0. The fraction of sp³-hybridized carbons (Fsp3) is 0.737. The topological polar surface area (TPSA) is 60.9 Å². The van der Waals surface area contributed by atoms with Gasteiger partial charge in [-0.1, -0.05) is 38.5 Å². The molecular weight excluding hydrogens is 344 g/mol. The molecule has 4 heterocycles. The van der Waals surface area contributed by atoms with E-state index >= 15 is 0 Å². The molecule has 1 spiro atoms. The zero-order chi connectivity index (χ0) is 18.1. The summed E-state index contributed by atoms with van der Waals surface area (Å²) in [6, 6.07) is 0. The number of nitrogens with zero attached hydrogens (tertiary/aromatic N) is 5. The average Bonchev–Trinajstić information content (AvgIpc) is 3.32. The third-order valence-electron chi connectivity index (χ3n) is 5.96. The predicted molar refractivity (Wildman–Crippen MR) is 106 cm³/mol. The Hall–Kier alpha value is -1.47. The van der Waals surface area contributed by atoms with E-state index in [-0.39, 0.29) is 5.54 Å². The lowest BCUT2D eigenvalue weighted by Crippen LogP contribution is -2.56. The van der Waals surface area contributed by atoms with Gasteiger partial charge in [-0.15, -0.1) is 10.2 Å². The first kappa shape index (κ1) is 17.9. The van der Waals surface area contributed by atoms with Crippen molar-refractivity contribution in [3.05, 3.63) is 22.7 Å². The highest BCUT2D eigenvalue weighted by molar-refractivity contribution is 7.15. The number of H-pyrrole nitrogens is 1. The molecule has 0 atom stereocenters. The summed E-state index contributed by atoms with van der Waals surface area (Å²) in [5, 5.41) is 11.1. The maximum atomic E-state index is 4.78. The van der Waals surface area contributed by atoms with Gasteiger partial charge in [0.2, 0.25) is 5.13 Å². The summed E-state index contributed by atoms with van der Waals surface area (Å²) in [5.41, 5.74) is 2.76. The van der Waals surface area contributed by atoms with Gasteiger partial charge in [0.15, 0.2) is 0 Å². The molecule has 1 N–H and O–H groups in total. The van der Waals surface area contributed by atoms with Gasteiger partial charge in [0.1, 0.15) is 5.01 Å². The quantitative estimate of drug-likeness (QED) is 0.867. The molecule has 1 saturated heterocycles. The molecule has 142 valence electrons. The SMILES string of the molecule is CCCCN1CCc2[nH]cnc2C12CCN(c1nnc(C(C)C)s1)CC2. The Labute approximate surface area is 160 Å². The minimum atomic E-state index is 0.102. The van der Waals surface area contributed by atoms with Crippen LogP contribution in [0.1, 0.15) is 68.8 Å². The van der Waals surface area contributed by atoms with Gasteiger partial charge in [0.25, 0.3) is 0 Å². The van der Waals surface area contributed by atoms with E-state index in [0.29, 0.717) is 5.92 Å². The Bertz CT molecular complexity index is 728. The van der Waals surface area contributed by atoms with Gasteiger partial charge in [-0.05, 0) is 25.8 Å². The Morgan fingerprint density at radius 1 is 1.23 bits per heavy atom. The fourth-order valence-corrected chi connectivity index (χ4v) is 5.30. The lowest BCUT2D eigenvalue weighted by atomic mass is 9.78. The summed E-state index contributed by atoms with van der Waals surface area (Å²) >= 11 is 1.75. The number of hydrogen-bond donors (Lipinski definition) is 1. The van der Waals surface area contributed by atoms with Crippen LogP contribution >= 0.6 is 11.3 Å². The van der Waals surface area contributed by atoms with Crippen LogP contribution in [0.4, 0.5) is 5.13 Å². The van der Waals surface area contributed by atoms with Gasteiger partial charge in [-0.2, -0.15) is 0 Å². The molecule has 26 heavy (non-hydrogen) atoms. The molecule has 7 heteroatoms. The smallest absolute Gasteiger partial charge is 0.208 e. The molecule has 0 unspecified atom stereocenters.